The van der Waals surface area contributed by atoms with Crippen molar-refractivity contribution in [1.29, 1.82) is 0 Å². The summed E-state index contributed by atoms with van der Waals surface area (Å²) in [6.07, 6.45) is 0. The van der Waals surface area contributed by atoms with E-state index in [1.165, 1.54) is 49.3 Å². The van der Waals surface area contributed by atoms with Crippen molar-refractivity contribution in [2.75, 3.05) is 0 Å². The number of hydrogen-bond donors (Lipinski definition) is 1. The molecule has 4 heterocycles. The van der Waals surface area contributed by atoms with Crippen LogP contribution in [0, 0.1) is 0 Å². The molecule has 270 valence electrons. The molecule has 4 aromatic heterocycles. The number of aromatic amines is 1. The summed E-state index contributed by atoms with van der Waals surface area (Å²) in [4.78, 5) is 3.55. The lowest BCUT2D eigenvalue weighted by Gasteiger charge is -2.08. The first-order valence-electron chi connectivity index (χ1n) is 19.7. The van der Waals surface area contributed by atoms with E-state index >= 15 is 0 Å². The third-order valence-electron chi connectivity index (χ3n) is 12.1. The molecule has 0 aliphatic heterocycles. The van der Waals surface area contributed by atoms with E-state index in [0.29, 0.717) is 0 Å². The van der Waals surface area contributed by atoms with E-state index in [-0.39, 0.29) is 0 Å². The lowest BCUT2D eigenvalue weighted by molar-refractivity contribution is 0.633. The highest BCUT2D eigenvalue weighted by Gasteiger charge is 2.19. The molecule has 0 unspecified atom stereocenters. The molecular formula is C54H32N2O2. The first kappa shape index (κ1) is 31.4. The first-order chi connectivity index (χ1) is 28.7. The van der Waals surface area contributed by atoms with Crippen LogP contribution in [0.1, 0.15) is 0 Å². The van der Waals surface area contributed by atoms with Gasteiger partial charge in [-0.1, -0.05) is 97.1 Å². The van der Waals surface area contributed by atoms with Gasteiger partial charge in [-0.2, -0.15) is 0 Å². The highest BCUT2D eigenvalue weighted by Crippen LogP contribution is 2.42. The Kier molecular flexibility index (Phi) is 6.41. The van der Waals surface area contributed by atoms with E-state index < -0.39 is 0 Å². The van der Waals surface area contributed by atoms with Gasteiger partial charge in [0.2, 0.25) is 0 Å². The van der Waals surface area contributed by atoms with Gasteiger partial charge in [0, 0.05) is 59.8 Å². The van der Waals surface area contributed by atoms with Crippen molar-refractivity contribution in [2.24, 2.45) is 0 Å². The van der Waals surface area contributed by atoms with E-state index in [9.17, 15) is 0 Å². The monoisotopic (exact) mass is 740 g/mol. The molecule has 0 aliphatic rings. The molecule has 0 bridgehead atoms. The number of nitrogens with zero attached hydrogens (tertiary/aromatic N) is 1. The molecule has 0 radical (unpaired) electrons. The molecule has 0 saturated carbocycles. The van der Waals surface area contributed by atoms with Crippen LogP contribution in [0.2, 0.25) is 0 Å². The van der Waals surface area contributed by atoms with Crippen LogP contribution in [0.4, 0.5) is 0 Å². The summed E-state index contributed by atoms with van der Waals surface area (Å²) in [6.45, 7) is 0. The summed E-state index contributed by atoms with van der Waals surface area (Å²) in [5, 5.41) is 9.20. The first-order valence-corrected chi connectivity index (χ1v) is 19.7. The van der Waals surface area contributed by atoms with Crippen molar-refractivity contribution in [1.82, 2.24) is 9.55 Å². The maximum absolute atomic E-state index is 6.60. The van der Waals surface area contributed by atoms with E-state index in [1.807, 2.05) is 0 Å². The molecular weight excluding hydrogens is 709 g/mol. The summed E-state index contributed by atoms with van der Waals surface area (Å²) in [5.74, 6) is 0. The molecule has 0 aliphatic carbocycles. The van der Waals surface area contributed by atoms with Crippen molar-refractivity contribution < 1.29 is 8.83 Å². The average Bonchev–Trinajstić information content (AvgIpc) is 4.05. The van der Waals surface area contributed by atoms with Gasteiger partial charge in [0.15, 0.2) is 11.2 Å². The second kappa shape index (κ2) is 11.8. The van der Waals surface area contributed by atoms with E-state index in [2.05, 4.69) is 198 Å². The lowest BCUT2D eigenvalue weighted by Crippen LogP contribution is -1.92. The standard InChI is InChI=1S/C54H32N2O2/c1-2-11-38(12-3-1)56-49-16-7-5-14-40(49)44-29-35(18-24-50(44)56)37-20-26-52-46(31-37)42-22-21-41-45-30-36(19-25-51(45)57-53(41)54(42)58-52)33-10-8-9-32(27-33)34-17-23-48-43(28-34)39-13-4-6-15-47(39)55-48/h1-31,55H. The average molecular weight is 741 g/mol. The van der Waals surface area contributed by atoms with Gasteiger partial charge in [0.25, 0.3) is 0 Å². The Hall–Kier alpha value is -7.82. The van der Waals surface area contributed by atoms with Crippen molar-refractivity contribution in [2.45, 2.75) is 0 Å². The molecule has 4 heteroatoms. The van der Waals surface area contributed by atoms with Gasteiger partial charge in [-0.15, -0.1) is 0 Å². The second-order valence-electron chi connectivity index (χ2n) is 15.4. The fourth-order valence-electron chi connectivity index (χ4n) is 9.34. The topological polar surface area (TPSA) is 47.0 Å². The molecule has 4 nitrogen and oxygen atoms in total. The quantitative estimate of drug-likeness (QED) is 0.195. The summed E-state index contributed by atoms with van der Waals surface area (Å²) < 4.78 is 15.5. The Balaban J connectivity index is 0.890. The maximum atomic E-state index is 6.60. The van der Waals surface area contributed by atoms with Crippen LogP contribution in [0.3, 0.4) is 0 Å². The largest absolute Gasteiger partial charge is 0.452 e. The minimum atomic E-state index is 0.776. The van der Waals surface area contributed by atoms with Gasteiger partial charge in [-0.25, -0.2) is 0 Å². The van der Waals surface area contributed by atoms with Crippen molar-refractivity contribution in [3.05, 3.63) is 188 Å². The Morgan fingerprint density at radius 2 is 0.828 bits per heavy atom. The van der Waals surface area contributed by atoms with Gasteiger partial charge >= 0.3 is 0 Å². The van der Waals surface area contributed by atoms with Crippen LogP contribution in [-0.4, -0.2) is 9.55 Å². The fraction of sp³-hybridized carbons (Fsp3) is 0. The number of aromatic nitrogens is 2. The number of furan rings is 2. The number of para-hydroxylation sites is 3. The third kappa shape index (κ3) is 4.57. The van der Waals surface area contributed by atoms with Gasteiger partial charge in [0.05, 0.1) is 11.0 Å². The highest BCUT2D eigenvalue weighted by molar-refractivity contribution is 6.20. The normalized spacial score (nSPS) is 12.1. The molecule has 58 heavy (non-hydrogen) atoms. The predicted octanol–water partition coefficient (Wildman–Crippen LogP) is 15.2. The molecule has 13 aromatic rings. The fourth-order valence-corrected chi connectivity index (χ4v) is 9.34. The zero-order valence-electron chi connectivity index (χ0n) is 31.2. The van der Waals surface area contributed by atoms with Crippen LogP contribution in [0.25, 0.3) is 127 Å². The molecule has 0 saturated heterocycles. The van der Waals surface area contributed by atoms with Crippen LogP contribution in [0.15, 0.2) is 197 Å². The second-order valence-corrected chi connectivity index (χ2v) is 15.4. The van der Waals surface area contributed by atoms with Gasteiger partial charge in [0.1, 0.15) is 11.2 Å². The molecule has 13 rings (SSSR count). The van der Waals surface area contributed by atoms with Crippen LogP contribution in [0.5, 0.6) is 0 Å². The maximum Gasteiger partial charge on any atom is 0.178 e. The summed E-state index contributed by atoms with van der Waals surface area (Å²) in [5.41, 5.74) is 16.1. The number of hydrogen-bond acceptors (Lipinski definition) is 2. The van der Waals surface area contributed by atoms with E-state index in [1.54, 1.807) is 0 Å². The number of fused-ring (bicyclic) bond motifs is 13. The van der Waals surface area contributed by atoms with Gasteiger partial charge < -0.3 is 18.4 Å². The minimum Gasteiger partial charge on any atom is -0.452 e. The molecule has 0 amide bonds. The van der Waals surface area contributed by atoms with Crippen LogP contribution >= 0.6 is 0 Å². The number of benzene rings is 9. The van der Waals surface area contributed by atoms with Crippen molar-refractivity contribution >= 4 is 87.5 Å². The molecule has 0 spiro atoms. The number of nitrogens with one attached hydrogen (secondary N) is 1. The molecule has 0 fully saturated rings. The third-order valence-corrected chi connectivity index (χ3v) is 12.1. The van der Waals surface area contributed by atoms with Gasteiger partial charge in [-0.3, -0.25) is 0 Å². The zero-order valence-corrected chi connectivity index (χ0v) is 31.2. The molecule has 0 atom stereocenters. The Morgan fingerprint density at radius 3 is 1.53 bits per heavy atom. The van der Waals surface area contributed by atoms with E-state index in [0.717, 1.165) is 77.3 Å². The Labute approximate surface area is 331 Å². The zero-order chi connectivity index (χ0) is 37.9. The molecule has 1 N–H and O–H groups in total. The smallest absolute Gasteiger partial charge is 0.178 e. The van der Waals surface area contributed by atoms with Crippen molar-refractivity contribution in [3.8, 4) is 39.1 Å². The van der Waals surface area contributed by atoms with E-state index in [4.69, 9.17) is 8.83 Å². The number of rotatable bonds is 4. The Bertz CT molecular complexity index is 3800. The Morgan fingerprint density at radius 1 is 0.310 bits per heavy atom. The van der Waals surface area contributed by atoms with Crippen LogP contribution in [-0.2, 0) is 0 Å². The number of H-pyrrole nitrogens is 1. The minimum absolute atomic E-state index is 0.776. The van der Waals surface area contributed by atoms with Crippen LogP contribution < -0.4 is 0 Å². The summed E-state index contributed by atoms with van der Waals surface area (Å²) in [6, 6.07) is 67.5. The summed E-state index contributed by atoms with van der Waals surface area (Å²) >= 11 is 0. The lowest BCUT2D eigenvalue weighted by atomic mass is 9.97. The van der Waals surface area contributed by atoms with Crippen molar-refractivity contribution in [3.63, 3.8) is 0 Å². The van der Waals surface area contributed by atoms with Gasteiger partial charge in [-0.05, 0) is 124 Å². The summed E-state index contributed by atoms with van der Waals surface area (Å²) in [7, 11) is 0. The SMILES string of the molecule is c1ccc(-n2c3ccccc3c3cc(-c4ccc5oc6c(ccc7c8cc(-c9cccc(-c%10ccc%11[nH]c%12ccccc%12c%11c%10)c9)ccc8oc76)c5c4)ccc32)cc1. The molecule has 9 aromatic carbocycles. The predicted molar refractivity (Wildman–Crippen MR) is 241 cm³/mol. The highest BCUT2D eigenvalue weighted by atomic mass is 16.4.